The van der Waals surface area contributed by atoms with Crippen LogP contribution in [0.15, 0.2) is 18.2 Å². The van der Waals surface area contributed by atoms with Crippen LogP contribution in [-0.2, 0) is 9.59 Å². The second-order valence-corrected chi connectivity index (χ2v) is 4.83. The second-order valence-electron chi connectivity index (χ2n) is 4.83. The summed E-state index contributed by atoms with van der Waals surface area (Å²) in [7, 11) is 0. The number of carbonyl (C=O) groups excluding carboxylic acids is 1. The molecule has 0 bridgehead atoms. The highest BCUT2D eigenvalue weighted by Gasteiger charge is 2.13. The molecular formula is C15H21NO4. The zero-order chi connectivity index (χ0) is 15.1. The summed E-state index contributed by atoms with van der Waals surface area (Å²) in [4.78, 5) is 22.0. The molecule has 0 saturated heterocycles. The molecule has 1 aromatic carbocycles. The average molecular weight is 279 g/mol. The molecule has 1 rings (SSSR count). The molecule has 0 aromatic heterocycles. The molecule has 20 heavy (non-hydrogen) atoms. The van der Waals surface area contributed by atoms with E-state index in [-0.39, 0.29) is 12.3 Å². The quantitative estimate of drug-likeness (QED) is 0.749. The molecule has 0 spiro atoms. The molecule has 110 valence electrons. The van der Waals surface area contributed by atoms with Crippen LogP contribution in [0.3, 0.4) is 0 Å². The first kappa shape index (κ1) is 16.0. The number of ether oxygens (including phenoxy) is 1. The fourth-order valence-electron chi connectivity index (χ4n) is 1.60. The maximum absolute atomic E-state index is 11.4. The van der Waals surface area contributed by atoms with E-state index < -0.39 is 12.0 Å². The topological polar surface area (TPSA) is 75.6 Å². The van der Waals surface area contributed by atoms with E-state index in [0.717, 1.165) is 11.3 Å². The number of benzene rings is 1. The van der Waals surface area contributed by atoms with Gasteiger partial charge >= 0.3 is 5.97 Å². The van der Waals surface area contributed by atoms with E-state index in [1.807, 2.05) is 32.0 Å². The van der Waals surface area contributed by atoms with Crippen LogP contribution in [0.4, 0.5) is 0 Å². The van der Waals surface area contributed by atoms with Gasteiger partial charge in [-0.3, -0.25) is 9.59 Å². The Balaban J connectivity index is 2.26. The molecule has 1 amide bonds. The minimum absolute atomic E-state index is 0.252. The predicted molar refractivity (Wildman–Crippen MR) is 75.9 cm³/mol. The summed E-state index contributed by atoms with van der Waals surface area (Å²) >= 11 is 0. The lowest BCUT2D eigenvalue weighted by atomic mass is 10.1. The van der Waals surface area contributed by atoms with E-state index in [4.69, 9.17) is 9.84 Å². The molecule has 0 radical (unpaired) electrons. The highest BCUT2D eigenvalue weighted by molar-refractivity contribution is 5.83. The molecule has 0 aliphatic rings. The number of aryl methyl sites for hydroxylation is 2. The number of carbonyl (C=O) groups is 2. The third-order valence-electron chi connectivity index (χ3n) is 3.04. The van der Waals surface area contributed by atoms with Gasteiger partial charge in [0.1, 0.15) is 11.8 Å². The molecule has 0 fully saturated rings. The third kappa shape index (κ3) is 5.30. The van der Waals surface area contributed by atoms with Crippen molar-refractivity contribution >= 4 is 11.9 Å². The summed E-state index contributed by atoms with van der Waals surface area (Å²) in [6.45, 7) is 5.92. The second kappa shape index (κ2) is 7.53. The predicted octanol–water partition coefficient (Wildman–Crippen LogP) is 2.05. The summed E-state index contributed by atoms with van der Waals surface area (Å²) in [5, 5.41) is 11.1. The molecule has 5 nitrogen and oxygen atoms in total. The van der Waals surface area contributed by atoms with Crippen molar-refractivity contribution < 1.29 is 19.4 Å². The molecule has 0 aliphatic heterocycles. The van der Waals surface area contributed by atoms with Gasteiger partial charge in [-0.1, -0.05) is 6.07 Å². The van der Waals surface area contributed by atoms with Crippen molar-refractivity contribution in [3.05, 3.63) is 29.3 Å². The molecule has 1 atom stereocenters. The fraction of sp³-hybridized carbons (Fsp3) is 0.467. The molecule has 5 heteroatoms. The van der Waals surface area contributed by atoms with Crippen LogP contribution in [0.25, 0.3) is 0 Å². The van der Waals surface area contributed by atoms with Crippen molar-refractivity contribution in [3.8, 4) is 5.75 Å². The smallest absolute Gasteiger partial charge is 0.325 e. The molecule has 1 aromatic rings. The zero-order valence-electron chi connectivity index (χ0n) is 12.1. The highest BCUT2D eigenvalue weighted by atomic mass is 16.5. The monoisotopic (exact) mass is 279 g/mol. The van der Waals surface area contributed by atoms with Crippen LogP contribution < -0.4 is 10.1 Å². The van der Waals surface area contributed by atoms with Gasteiger partial charge in [0, 0.05) is 6.42 Å². The van der Waals surface area contributed by atoms with Gasteiger partial charge in [-0.05, 0) is 50.5 Å². The molecular weight excluding hydrogens is 258 g/mol. The summed E-state index contributed by atoms with van der Waals surface area (Å²) in [6.07, 6.45) is 0.799. The molecule has 0 heterocycles. The van der Waals surface area contributed by atoms with E-state index in [1.165, 1.54) is 12.5 Å². The van der Waals surface area contributed by atoms with Crippen LogP contribution >= 0.6 is 0 Å². The lowest BCUT2D eigenvalue weighted by molar-refractivity contribution is -0.141. The number of carboxylic acids is 1. The molecule has 0 saturated carbocycles. The van der Waals surface area contributed by atoms with Crippen molar-refractivity contribution in [1.82, 2.24) is 5.32 Å². The maximum atomic E-state index is 11.4. The largest absolute Gasteiger partial charge is 0.494 e. The number of amides is 1. The Bertz CT molecular complexity index is 485. The first-order valence-electron chi connectivity index (χ1n) is 6.62. The van der Waals surface area contributed by atoms with Crippen LogP contribution in [0.2, 0.25) is 0 Å². The van der Waals surface area contributed by atoms with Gasteiger partial charge in [0.05, 0.1) is 6.61 Å². The Morgan fingerprint density at radius 2 is 2.00 bits per heavy atom. The van der Waals surface area contributed by atoms with Crippen molar-refractivity contribution in [3.63, 3.8) is 0 Å². The highest BCUT2D eigenvalue weighted by Crippen LogP contribution is 2.16. The van der Waals surface area contributed by atoms with E-state index >= 15 is 0 Å². The summed E-state index contributed by atoms with van der Waals surface area (Å²) in [5.74, 6) is -0.527. The van der Waals surface area contributed by atoms with Gasteiger partial charge in [-0.15, -0.1) is 0 Å². The number of rotatable bonds is 7. The lowest BCUT2D eigenvalue weighted by Gasteiger charge is -2.10. The van der Waals surface area contributed by atoms with Crippen molar-refractivity contribution in [1.29, 1.82) is 0 Å². The van der Waals surface area contributed by atoms with Crippen LogP contribution in [0, 0.1) is 13.8 Å². The Morgan fingerprint density at radius 1 is 1.30 bits per heavy atom. The van der Waals surface area contributed by atoms with Gasteiger partial charge in [-0.25, -0.2) is 0 Å². The third-order valence-corrected chi connectivity index (χ3v) is 3.04. The van der Waals surface area contributed by atoms with Crippen molar-refractivity contribution in [2.24, 2.45) is 0 Å². The molecule has 0 unspecified atom stereocenters. The van der Waals surface area contributed by atoms with Gasteiger partial charge in [0.15, 0.2) is 0 Å². The van der Waals surface area contributed by atoms with Crippen molar-refractivity contribution in [2.45, 2.75) is 39.7 Å². The van der Waals surface area contributed by atoms with Crippen molar-refractivity contribution in [2.75, 3.05) is 6.61 Å². The van der Waals surface area contributed by atoms with E-state index in [9.17, 15) is 9.59 Å². The minimum atomic E-state index is -1.04. The number of aliphatic carboxylic acids is 1. The fourth-order valence-corrected chi connectivity index (χ4v) is 1.60. The van der Waals surface area contributed by atoms with Crippen LogP contribution in [0.5, 0.6) is 5.75 Å². The summed E-state index contributed by atoms with van der Waals surface area (Å²) in [5.41, 5.74) is 2.37. The Hall–Kier alpha value is -2.04. The van der Waals surface area contributed by atoms with Gasteiger partial charge in [0.2, 0.25) is 5.91 Å². The van der Waals surface area contributed by atoms with Crippen LogP contribution in [-0.4, -0.2) is 29.6 Å². The first-order valence-corrected chi connectivity index (χ1v) is 6.62. The number of hydrogen-bond acceptors (Lipinski definition) is 3. The van der Waals surface area contributed by atoms with Gasteiger partial charge in [0.25, 0.3) is 0 Å². The Kier molecular flexibility index (Phi) is 6.03. The van der Waals surface area contributed by atoms with Gasteiger partial charge < -0.3 is 15.2 Å². The zero-order valence-corrected chi connectivity index (χ0v) is 12.1. The Morgan fingerprint density at radius 3 is 2.60 bits per heavy atom. The maximum Gasteiger partial charge on any atom is 0.325 e. The lowest BCUT2D eigenvalue weighted by Crippen LogP contribution is -2.38. The normalized spacial score (nSPS) is 11.8. The van der Waals surface area contributed by atoms with Gasteiger partial charge in [-0.2, -0.15) is 0 Å². The Labute approximate surface area is 118 Å². The van der Waals surface area contributed by atoms with E-state index in [2.05, 4.69) is 5.32 Å². The number of carboxylic acid groups (broad SMARTS) is 1. The summed E-state index contributed by atoms with van der Waals surface area (Å²) < 4.78 is 5.55. The first-order chi connectivity index (χ1) is 9.40. The molecule has 0 aliphatic carbocycles. The van der Waals surface area contributed by atoms with E-state index in [1.54, 1.807) is 0 Å². The van der Waals surface area contributed by atoms with E-state index in [0.29, 0.717) is 13.0 Å². The minimum Gasteiger partial charge on any atom is -0.494 e. The molecule has 2 N–H and O–H groups in total. The van der Waals surface area contributed by atoms with Crippen LogP contribution in [0.1, 0.15) is 30.9 Å². The SMILES string of the molecule is Cc1ccc(OCCCC(=O)N[C@H](C)C(=O)O)cc1C. The average Bonchev–Trinajstić information content (AvgIpc) is 2.38. The standard InChI is InChI=1S/C15H21NO4/c1-10-6-7-13(9-11(10)2)20-8-4-5-14(17)16-12(3)15(18)19/h6-7,9,12H,4-5,8H2,1-3H3,(H,16,17)(H,18,19)/t12-/m1/s1. The summed E-state index contributed by atoms with van der Waals surface area (Å²) in [6, 6.07) is 4.99. The number of nitrogens with one attached hydrogen (secondary N) is 1. The number of hydrogen-bond donors (Lipinski definition) is 2.